The van der Waals surface area contributed by atoms with Crippen molar-refractivity contribution in [3.05, 3.63) is 53.2 Å². The van der Waals surface area contributed by atoms with E-state index in [1.165, 1.54) is 0 Å². The van der Waals surface area contributed by atoms with Gasteiger partial charge in [0.15, 0.2) is 5.69 Å². The molecule has 0 saturated heterocycles. The van der Waals surface area contributed by atoms with Crippen LogP contribution in [-0.4, -0.2) is 27.6 Å². The largest absolute Gasteiger partial charge is 0.481 e. The summed E-state index contributed by atoms with van der Waals surface area (Å²) in [5.74, 6) is 0.289. The van der Waals surface area contributed by atoms with E-state index in [1.54, 1.807) is 24.8 Å². The summed E-state index contributed by atoms with van der Waals surface area (Å²) < 4.78 is 8.76. The molecule has 0 atom stereocenters. The van der Waals surface area contributed by atoms with Crippen LogP contribution in [0.3, 0.4) is 0 Å². The van der Waals surface area contributed by atoms with Crippen LogP contribution in [0.2, 0.25) is 0 Å². The Balaban J connectivity index is 1.87. The minimum absolute atomic E-state index is 0.271. The van der Waals surface area contributed by atoms with Crippen molar-refractivity contribution in [3.8, 4) is 17.0 Å². The summed E-state index contributed by atoms with van der Waals surface area (Å²) >= 11 is 1.14. The molecule has 1 N–H and O–H groups in total. The van der Waals surface area contributed by atoms with Crippen molar-refractivity contribution in [1.29, 1.82) is 0 Å². The van der Waals surface area contributed by atoms with E-state index in [4.69, 9.17) is 4.74 Å². The van der Waals surface area contributed by atoms with E-state index >= 15 is 0 Å². The zero-order valence-corrected chi connectivity index (χ0v) is 13.4. The van der Waals surface area contributed by atoms with Gasteiger partial charge in [0.25, 0.3) is 5.91 Å². The third kappa shape index (κ3) is 3.35. The summed E-state index contributed by atoms with van der Waals surface area (Å²) in [5, 5.41) is 8.25. The fraction of sp³-hybridized carbons (Fsp3) is 0.125. The van der Waals surface area contributed by atoms with Gasteiger partial charge in [0.2, 0.25) is 5.88 Å². The fourth-order valence-corrected chi connectivity index (χ4v) is 2.49. The highest BCUT2D eigenvalue weighted by Crippen LogP contribution is 2.26. The van der Waals surface area contributed by atoms with E-state index < -0.39 is 0 Å². The van der Waals surface area contributed by atoms with E-state index in [1.807, 2.05) is 31.2 Å². The molecule has 3 rings (SSSR count). The Bertz CT molecular complexity index is 817. The van der Waals surface area contributed by atoms with Gasteiger partial charge in [-0.25, -0.2) is 4.98 Å². The Morgan fingerprint density at radius 3 is 2.70 bits per heavy atom. The van der Waals surface area contributed by atoms with Crippen molar-refractivity contribution in [3.63, 3.8) is 0 Å². The van der Waals surface area contributed by atoms with Crippen LogP contribution in [-0.2, 0) is 0 Å². The van der Waals surface area contributed by atoms with E-state index in [0.29, 0.717) is 11.6 Å². The van der Waals surface area contributed by atoms with Gasteiger partial charge < -0.3 is 10.1 Å². The number of carbonyl (C=O) groups is 1. The molecule has 23 heavy (non-hydrogen) atoms. The van der Waals surface area contributed by atoms with Crippen molar-refractivity contribution in [2.75, 3.05) is 12.4 Å². The number of pyridine rings is 1. The van der Waals surface area contributed by atoms with Crippen molar-refractivity contribution < 1.29 is 9.53 Å². The van der Waals surface area contributed by atoms with E-state index in [2.05, 4.69) is 19.9 Å². The quantitative estimate of drug-likeness (QED) is 0.797. The number of carbonyl (C=O) groups excluding carboxylic acids is 1. The maximum Gasteiger partial charge on any atom is 0.277 e. The minimum Gasteiger partial charge on any atom is -0.481 e. The Morgan fingerprint density at radius 2 is 2.04 bits per heavy atom. The highest BCUT2D eigenvalue weighted by atomic mass is 32.1. The van der Waals surface area contributed by atoms with Crippen molar-refractivity contribution in [1.82, 2.24) is 14.6 Å². The summed E-state index contributed by atoms with van der Waals surface area (Å²) in [5.41, 5.74) is 3.91. The topological polar surface area (TPSA) is 77.0 Å². The molecule has 0 unspecified atom stereocenters. The molecule has 3 aromatic rings. The number of anilines is 1. The number of nitrogens with one attached hydrogen (secondary N) is 1. The number of amides is 1. The van der Waals surface area contributed by atoms with Gasteiger partial charge in [-0.05, 0) is 41.7 Å². The number of hydrogen-bond donors (Lipinski definition) is 1. The first kappa shape index (κ1) is 15.1. The molecule has 0 bridgehead atoms. The summed E-state index contributed by atoms with van der Waals surface area (Å²) in [6.45, 7) is 1.94. The molecule has 0 fully saturated rings. The summed E-state index contributed by atoms with van der Waals surface area (Å²) in [7, 11) is 1.58. The van der Waals surface area contributed by atoms with Crippen LogP contribution < -0.4 is 10.1 Å². The van der Waals surface area contributed by atoms with Gasteiger partial charge in [0.1, 0.15) is 0 Å². The molecule has 0 radical (unpaired) electrons. The second kappa shape index (κ2) is 6.53. The zero-order chi connectivity index (χ0) is 16.2. The number of ether oxygens (including phenoxy) is 1. The van der Waals surface area contributed by atoms with Gasteiger partial charge in [-0.15, -0.1) is 5.10 Å². The molecule has 7 heteroatoms. The van der Waals surface area contributed by atoms with Gasteiger partial charge in [0, 0.05) is 28.9 Å². The standard InChI is InChI=1S/C16H14N4O2S/c1-10-3-4-11(12-5-6-15(22-2)17-8-12)7-13(10)18-16(21)14-9-23-20-19-14/h3-9H,1-2H3,(H,18,21). The number of benzene rings is 1. The number of nitrogens with zero attached hydrogens (tertiary/aromatic N) is 3. The Morgan fingerprint density at radius 1 is 1.22 bits per heavy atom. The van der Waals surface area contributed by atoms with Crippen LogP contribution in [0.5, 0.6) is 5.88 Å². The van der Waals surface area contributed by atoms with Crippen molar-refractivity contribution >= 4 is 23.1 Å². The fourth-order valence-electron chi connectivity index (χ4n) is 2.06. The molecule has 116 valence electrons. The van der Waals surface area contributed by atoms with Crippen LogP contribution in [0, 0.1) is 6.92 Å². The molecule has 0 aliphatic heterocycles. The van der Waals surface area contributed by atoms with E-state index in [-0.39, 0.29) is 5.91 Å². The zero-order valence-electron chi connectivity index (χ0n) is 12.6. The molecule has 0 spiro atoms. The molecule has 0 aliphatic carbocycles. The monoisotopic (exact) mass is 326 g/mol. The average molecular weight is 326 g/mol. The molecule has 2 heterocycles. The van der Waals surface area contributed by atoms with Crippen LogP contribution in [0.15, 0.2) is 41.9 Å². The Hall–Kier alpha value is -2.80. The second-order valence-corrected chi connectivity index (χ2v) is 5.47. The summed E-state index contributed by atoms with van der Waals surface area (Å²) in [4.78, 5) is 16.3. The maximum absolute atomic E-state index is 12.1. The molecule has 2 aromatic heterocycles. The van der Waals surface area contributed by atoms with Crippen LogP contribution in [0.1, 0.15) is 16.1 Å². The Labute approximate surface area is 137 Å². The van der Waals surface area contributed by atoms with E-state index in [9.17, 15) is 4.79 Å². The summed E-state index contributed by atoms with van der Waals surface area (Å²) in [6, 6.07) is 9.57. The Kier molecular flexibility index (Phi) is 4.29. The highest BCUT2D eigenvalue weighted by molar-refractivity contribution is 7.03. The highest BCUT2D eigenvalue weighted by Gasteiger charge is 2.11. The van der Waals surface area contributed by atoms with Gasteiger partial charge in [-0.3, -0.25) is 4.79 Å². The average Bonchev–Trinajstić information content (AvgIpc) is 3.11. The molecular formula is C16H14N4O2S. The van der Waals surface area contributed by atoms with Gasteiger partial charge >= 0.3 is 0 Å². The number of aromatic nitrogens is 3. The normalized spacial score (nSPS) is 10.3. The first-order valence-corrected chi connectivity index (χ1v) is 7.70. The lowest BCUT2D eigenvalue weighted by Gasteiger charge is -2.10. The second-order valence-electron chi connectivity index (χ2n) is 4.86. The molecule has 1 amide bonds. The van der Waals surface area contributed by atoms with Gasteiger partial charge in [0.05, 0.1) is 7.11 Å². The predicted octanol–water partition coefficient (Wildman–Crippen LogP) is 3.17. The van der Waals surface area contributed by atoms with Crippen molar-refractivity contribution in [2.24, 2.45) is 0 Å². The molecule has 6 nitrogen and oxygen atoms in total. The number of aryl methyl sites for hydroxylation is 1. The number of hydrogen-bond acceptors (Lipinski definition) is 6. The van der Waals surface area contributed by atoms with Crippen LogP contribution >= 0.6 is 11.5 Å². The minimum atomic E-state index is -0.271. The van der Waals surface area contributed by atoms with Gasteiger partial charge in [-0.1, -0.05) is 16.6 Å². The number of methoxy groups -OCH3 is 1. The lowest BCUT2D eigenvalue weighted by molar-refractivity contribution is 0.102. The van der Waals surface area contributed by atoms with Crippen LogP contribution in [0.25, 0.3) is 11.1 Å². The van der Waals surface area contributed by atoms with E-state index in [0.717, 1.165) is 33.9 Å². The molecule has 0 saturated carbocycles. The molecular weight excluding hydrogens is 312 g/mol. The predicted molar refractivity (Wildman–Crippen MR) is 88.8 cm³/mol. The van der Waals surface area contributed by atoms with Crippen LogP contribution in [0.4, 0.5) is 5.69 Å². The third-order valence-corrected chi connectivity index (χ3v) is 3.86. The summed E-state index contributed by atoms with van der Waals surface area (Å²) in [6.07, 6.45) is 1.74. The lowest BCUT2D eigenvalue weighted by atomic mass is 10.0. The lowest BCUT2D eigenvalue weighted by Crippen LogP contribution is -2.13. The smallest absolute Gasteiger partial charge is 0.277 e. The SMILES string of the molecule is COc1ccc(-c2ccc(C)c(NC(=O)c3csnn3)c2)cn1. The maximum atomic E-state index is 12.1. The molecule has 0 aliphatic rings. The first-order chi connectivity index (χ1) is 11.2. The first-order valence-electron chi connectivity index (χ1n) is 6.87. The number of rotatable bonds is 4. The third-order valence-electron chi connectivity index (χ3n) is 3.36. The molecule has 1 aromatic carbocycles. The van der Waals surface area contributed by atoms with Crippen molar-refractivity contribution in [2.45, 2.75) is 6.92 Å². The van der Waals surface area contributed by atoms with Gasteiger partial charge in [-0.2, -0.15) is 0 Å².